The fraction of sp³-hybridized carbons (Fsp3) is 0.588. The Kier molecular flexibility index (Phi) is 5.84. The van der Waals surface area contributed by atoms with E-state index in [1.807, 2.05) is 0 Å². The molecule has 0 heterocycles. The second-order valence-electron chi connectivity index (χ2n) is 4.91. The molecule has 0 bridgehead atoms. The van der Waals surface area contributed by atoms with E-state index in [9.17, 15) is 4.79 Å². The molecule has 0 unspecified atom stereocenters. The number of rotatable bonds is 8. The molecule has 0 atom stereocenters. The number of hydrogen-bond donors (Lipinski definition) is 0. The summed E-state index contributed by atoms with van der Waals surface area (Å²) >= 11 is 0. The molecule has 0 saturated heterocycles. The molecule has 0 rings (SSSR count). The van der Waals surface area contributed by atoms with Gasteiger partial charge in [-0.3, -0.25) is 4.79 Å². The minimum absolute atomic E-state index is 0.616. The summed E-state index contributed by atoms with van der Waals surface area (Å²) in [5.41, 5.74) is 3.28. The fourth-order valence-corrected chi connectivity index (χ4v) is 1.49. The Hall–Kier alpha value is -1.31. The van der Waals surface area contributed by atoms with Gasteiger partial charge in [0.2, 0.25) is 0 Å². The summed E-state index contributed by atoms with van der Waals surface area (Å²) in [6.07, 6.45) is 8.83. The van der Waals surface area contributed by atoms with E-state index in [0.29, 0.717) is 12.0 Å². The van der Waals surface area contributed by atoms with Gasteiger partial charge in [0.05, 0.1) is 2.74 Å². The number of carbonyl (C=O) groups excluding carboxylic acids is 1. The zero-order chi connectivity index (χ0) is 19.0. The van der Waals surface area contributed by atoms with E-state index >= 15 is 0 Å². The van der Waals surface area contributed by atoms with Gasteiger partial charge in [-0.2, -0.15) is 0 Å². The van der Waals surface area contributed by atoms with Crippen LogP contribution in [0.5, 0.6) is 0 Å². The number of ether oxygens (including phenoxy) is 1. The van der Waals surface area contributed by atoms with Crippen LogP contribution < -0.4 is 0 Å². The van der Waals surface area contributed by atoms with Gasteiger partial charge in [0, 0.05) is 11.0 Å². The molecule has 0 fully saturated rings. The summed E-state index contributed by atoms with van der Waals surface area (Å²) in [6, 6.07) is 0. The van der Waals surface area contributed by atoms with Crippen LogP contribution in [-0.2, 0) is 9.53 Å². The van der Waals surface area contributed by atoms with E-state index in [-0.39, 0.29) is 0 Å². The first-order valence-corrected chi connectivity index (χ1v) is 6.54. The van der Waals surface area contributed by atoms with Crippen LogP contribution >= 0.6 is 0 Å². The van der Waals surface area contributed by atoms with Crippen molar-refractivity contribution < 1.29 is 16.4 Å². The molecular formula is C17H28O2. The molecule has 2 heteroatoms. The van der Waals surface area contributed by atoms with Crippen molar-refractivity contribution in [3.05, 3.63) is 34.9 Å². The van der Waals surface area contributed by atoms with Gasteiger partial charge < -0.3 is 4.74 Å². The molecule has 0 N–H and O–H groups in total. The molecular weight excluding hydrogens is 236 g/mol. The summed E-state index contributed by atoms with van der Waals surface area (Å²) in [5.74, 6) is -1.54. The lowest BCUT2D eigenvalue weighted by Crippen LogP contribution is -1.98. The predicted octanol–water partition coefficient (Wildman–Crippen LogP) is 4.97. The highest BCUT2D eigenvalue weighted by atomic mass is 16.5. The number of carbonyl (C=O) groups is 1. The molecule has 0 spiro atoms. The fourth-order valence-electron chi connectivity index (χ4n) is 1.49. The molecule has 0 aliphatic heterocycles. The molecule has 108 valence electrons. The zero-order valence-corrected chi connectivity index (χ0v) is 12.4. The van der Waals surface area contributed by atoms with Crippen LogP contribution in [0, 0.1) is 0 Å². The largest absolute Gasteiger partial charge is 0.462 e. The molecule has 0 aromatic rings. The predicted molar refractivity (Wildman–Crippen MR) is 82.0 cm³/mol. The third-order valence-corrected chi connectivity index (χ3v) is 2.58. The molecule has 0 aliphatic carbocycles. The van der Waals surface area contributed by atoms with E-state index < -0.39 is 19.4 Å². The van der Waals surface area contributed by atoms with Crippen LogP contribution in [0.2, 0.25) is 0 Å². The summed E-state index contributed by atoms with van der Waals surface area (Å²) in [5, 5.41) is 0. The Balaban J connectivity index is 4.49. The molecule has 0 saturated carbocycles. The molecule has 0 aliphatic rings. The lowest BCUT2D eigenvalue weighted by Gasteiger charge is -2.02. The Morgan fingerprint density at radius 1 is 1.05 bits per heavy atom. The van der Waals surface area contributed by atoms with E-state index in [2.05, 4.69) is 37.7 Å². The molecule has 0 aromatic heterocycles. The van der Waals surface area contributed by atoms with Crippen molar-refractivity contribution in [1.29, 1.82) is 0 Å². The van der Waals surface area contributed by atoms with Gasteiger partial charge in [-0.1, -0.05) is 28.9 Å². The van der Waals surface area contributed by atoms with Gasteiger partial charge in [0.15, 0.2) is 0 Å². The summed E-state index contributed by atoms with van der Waals surface area (Å²) in [7, 11) is 0. The van der Waals surface area contributed by atoms with Crippen LogP contribution in [0.3, 0.4) is 0 Å². The normalized spacial score (nSPS) is 17.6. The van der Waals surface area contributed by atoms with Crippen LogP contribution in [-0.4, -0.2) is 12.5 Å². The van der Waals surface area contributed by atoms with E-state index in [1.165, 1.54) is 11.1 Å². The highest BCUT2D eigenvalue weighted by Crippen LogP contribution is 2.11. The number of esters is 1. The Morgan fingerprint density at radius 3 is 2.21 bits per heavy atom. The maximum Gasteiger partial charge on any atom is 0.302 e. The first-order valence-electron chi connectivity index (χ1n) is 9.04. The second-order valence-corrected chi connectivity index (χ2v) is 4.91. The zero-order valence-electron chi connectivity index (χ0n) is 17.4. The van der Waals surface area contributed by atoms with Crippen LogP contribution in [0.4, 0.5) is 0 Å². The first kappa shape index (κ1) is 10.5. The minimum atomic E-state index is -2.96. The van der Waals surface area contributed by atoms with Crippen molar-refractivity contribution >= 4 is 5.97 Å². The van der Waals surface area contributed by atoms with Crippen molar-refractivity contribution in [1.82, 2.24) is 0 Å². The van der Waals surface area contributed by atoms with Gasteiger partial charge in [0.1, 0.15) is 6.56 Å². The third-order valence-electron chi connectivity index (χ3n) is 2.58. The monoisotopic (exact) mass is 269 g/mol. The SMILES string of the molecule is [2H]C([2H])(/C=C(\C)CC/C=C(\C)CCC=C(C)C)OC(=O)C([2H])([2H])[2H]. The standard InChI is InChI=1S/C17H28O2/c1-14(2)8-6-9-15(3)10-7-11-16(4)12-13-19-17(5)18/h8,10,12H,6-7,9,11,13H2,1-5H3/b15-10+,16-12+/i5D3,13D2. The quantitative estimate of drug-likeness (QED) is 0.459. The Bertz CT molecular complexity index is 510. The van der Waals surface area contributed by atoms with Crippen molar-refractivity contribution in [2.75, 3.05) is 6.56 Å². The Labute approximate surface area is 125 Å². The van der Waals surface area contributed by atoms with Crippen molar-refractivity contribution in [3.8, 4) is 0 Å². The second kappa shape index (κ2) is 10.6. The lowest BCUT2D eigenvalue weighted by molar-refractivity contribution is -0.139. The average Bonchev–Trinajstić information content (AvgIpc) is 2.35. The molecule has 0 amide bonds. The summed E-state index contributed by atoms with van der Waals surface area (Å²) < 4.78 is 40.3. The molecule has 0 radical (unpaired) electrons. The van der Waals surface area contributed by atoms with E-state index in [1.54, 1.807) is 6.92 Å². The maximum absolute atomic E-state index is 11.2. The van der Waals surface area contributed by atoms with Crippen LogP contribution in [0.1, 0.15) is 67.1 Å². The number of allylic oxidation sites excluding steroid dienone is 5. The van der Waals surface area contributed by atoms with Gasteiger partial charge in [-0.15, -0.1) is 0 Å². The van der Waals surface area contributed by atoms with E-state index in [0.717, 1.165) is 25.3 Å². The highest BCUT2D eigenvalue weighted by Gasteiger charge is 1.93. The van der Waals surface area contributed by atoms with Crippen molar-refractivity contribution in [2.45, 2.75) is 60.2 Å². The first-order chi connectivity index (χ1) is 10.8. The van der Waals surface area contributed by atoms with E-state index in [4.69, 9.17) is 6.85 Å². The van der Waals surface area contributed by atoms with Gasteiger partial charge in [-0.25, -0.2) is 0 Å². The van der Waals surface area contributed by atoms with Crippen LogP contribution in [0.25, 0.3) is 0 Å². The summed E-state index contributed by atoms with van der Waals surface area (Å²) in [4.78, 5) is 11.2. The summed E-state index contributed by atoms with van der Waals surface area (Å²) in [6.45, 7) is 2.56. The number of hydrogen-bond acceptors (Lipinski definition) is 2. The van der Waals surface area contributed by atoms with Crippen LogP contribution in [0.15, 0.2) is 34.9 Å². The highest BCUT2D eigenvalue weighted by molar-refractivity contribution is 5.66. The third kappa shape index (κ3) is 12.9. The maximum atomic E-state index is 11.2. The average molecular weight is 269 g/mol. The molecule has 0 aromatic carbocycles. The smallest absolute Gasteiger partial charge is 0.302 e. The molecule has 2 nitrogen and oxygen atoms in total. The minimum Gasteiger partial charge on any atom is -0.462 e. The van der Waals surface area contributed by atoms with Gasteiger partial charge in [0.25, 0.3) is 0 Å². The van der Waals surface area contributed by atoms with Gasteiger partial charge >= 0.3 is 5.97 Å². The lowest BCUT2D eigenvalue weighted by atomic mass is 10.1. The molecule has 19 heavy (non-hydrogen) atoms. The van der Waals surface area contributed by atoms with Crippen molar-refractivity contribution in [3.63, 3.8) is 0 Å². The van der Waals surface area contributed by atoms with Crippen molar-refractivity contribution in [2.24, 2.45) is 0 Å². The Morgan fingerprint density at radius 2 is 1.63 bits per heavy atom. The topological polar surface area (TPSA) is 26.3 Å². The van der Waals surface area contributed by atoms with Gasteiger partial charge in [-0.05, 0) is 59.5 Å².